The zero-order chi connectivity index (χ0) is 13.7. The summed E-state index contributed by atoms with van der Waals surface area (Å²) in [5, 5.41) is 5.45. The second-order valence-corrected chi connectivity index (χ2v) is 3.88. The number of benzene rings is 1. The number of aliphatic imine (C=N–C) groups is 1. The Morgan fingerprint density at radius 2 is 2.37 bits per heavy atom. The zero-order valence-corrected chi connectivity index (χ0v) is 10.2. The SMILES string of the molecule is C#CCCC(=O)N/C(N)=N/C1Nc2ccccc2O1. The molecule has 0 saturated carbocycles. The van der Waals surface area contributed by atoms with Crippen molar-refractivity contribution in [3.05, 3.63) is 24.3 Å². The van der Waals surface area contributed by atoms with E-state index in [9.17, 15) is 4.79 Å². The van der Waals surface area contributed by atoms with Crippen LogP contribution in [-0.2, 0) is 4.79 Å². The first kappa shape index (κ1) is 12.8. The lowest BCUT2D eigenvalue weighted by Crippen LogP contribution is -2.38. The molecule has 1 atom stereocenters. The van der Waals surface area contributed by atoms with Crippen molar-refractivity contribution >= 4 is 17.6 Å². The van der Waals surface area contributed by atoms with Crippen LogP contribution in [0.3, 0.4) is 0 Å². The Hall–Kier alpha value is -2.68. The molecule has 4 N–H and O–H groups in total. The van der Waals surface area contributed by atoms with E-state index in [0.29, 0.717) is 12.2 Å². The van der Waals surface area contributed by atoms with Gasteiger partial charge in [-0.1, -0.05) is 12.1 Å². The molecule has 98 valence electrons. The van der Waals surface area contributed by atoms with Crippen molar-refractivity contribution in [3.63, 3.8) is 0 Å². The predicted molar refractivity (Wildman–Crippen MR) is 72.3 cm³/mol. The maximum Gasteiger partial charge on any atom is 0.271 e. The number of nitrogens with one attached hydrogen (secondary N) is 2. The lowest BCUT2D eigenvalue weighted by atomic mass is 10.3. The van der Waals surface area contributed by atoms with Crippen LogP contribution >= 0.6 is 0 Å². The number of hydrogen-bond donors (Lipinski definition) is 3. The van der Waals surface area contributed by atoms with Gasteiger partial charge in [0.05, 0.1) is 5.69 Å². The van der Waals surface area contributed by atoms with E-state index in [1.165, 1.54) is 0 Å². The molecule has 6 heteroatoms. The van der Waals surface area contributed by atoms with Crippen LogP contribution in [0.4, 0.5) is 5.69 Å². The molecule has 0 bridgehead atoms. The van der Waals surface area contributed by atoms with Gasteiger partial charge in [0.1, 0.15) is 5.75 Å². The molecule has 1 aromatic carbocycles. The summed E-state index contributed by atoms with van der Waals surface area (Å²) in [5.74, 6) is 2.80. The van der Waals surface area contributed by atoms with E-state index in [2.05, 4.69) is 21.5 Å². The molecule has 0 fully saturated rings. The number of carbonyl (C=O) groups excluding carboxylic acids is 1. The standard InChI is InChI=1S/C13H14N4O2/c1-2-3-8-11(18)16-12(14)17-13-15-9-6-4-5-7-10(9)19-13/h1,4-7,13,15H,3,8H2,(H3,14,16,17,18). The molecule has 2 rings (SSSR count). The number of carbonyl (C=O) groups is 1. The van der Waals surface area contributed by atoms with Crippen molar-refractivity contribution in [3.8, 4) is 18.1 Å². The summed E-state index contributed by atoms with van der Waals surface area (Å²) in [6, 6.07) is 7.43. The maximum absolute atomic E-state index is 11.4. The highest BCUT2D eigenvalue weighted by molar-refractivity contribution is 5.96. The third-order valence-electron chi connectivity index (χ3n) is 2.42. The zero-order valence-electron chi connectivity index (χ0n) is 10.2. The maximum atomic E-state index is 11.4. The number of para-hydroxylation sites is 2. The lowest BCUT2D eigenvalue weighted by molar-refractivity contribution is -0.119. The van der Waals surface area contributed by atoms with Crippen LogP contribution < -0.4 is 21.1 Å². The summed E-state index contributed by atoms with van der Waals surface area (Å²) in [5.41, 5.74) is 6.44. The number of amides is 1. The van der Waals surface area contributed by atoms with Crippen molar-refractivity contribution in [2.45, 2.75) is 19.2 Å². The van der Waals surface area contributed by atoms with Gasteiger partial charge >= 0.3 is 0 Å². The van der Waals surface area contributed by atoms with E-state index in [-0.39, 0.29) is 18.3 Å². The molecule has 1 aliphatic heterocycles. The highest BCUT2D eigenvalue weighted by atomic mass is 16.5. The molecule has 0 radical (unpaired) electrons. The molecule has 0 aromatic heterocycles. The molecule has 1 aliphatic rings. The fraction of sp³-hybridized carbons (Fsp3) is 0.231. The smallest absolute Gasteiger partial charge is 0.271 e. The average Bonchev–Trinajstić information content (AvgIpc) is 2.78. The number of guanidine groups is 1. The van der Waals surface area contributed by atoms with Crippen molar-refractivity contribution in [1.29, 1.82) is 0 Å². The third kappa shape index (κ3) is 3.39. The van der Waals surface area contributed by atoms with E-state index in [4.69, 9.17) is 16.9 Å². The third-order valence-corrected chi connectivity index (χ3v) is 2.42. The summed E-state index contributed by atoms with van der Waals surface area (Å²) < 4.78 is 5.48. The van der Waals surface area contributed by atoms with Gasteiger partial charge in [0.15, 0.2) is 5.96 Å². The number of ether oxygens (including phenoxy) is 1. The van der Waals surface area contributed by atoms with Gasteiger partial charge in [-0.3, -0.25) is 10.1 Å². The molecular formula is C13H14N4O2. The number of nitrogens with two attached hydrogens (primary N) is 1. The van der Waals surface area contributed by atoms with Crippen molar-refractivity contribution < 1.29 is 9.53 Å². The van der Waals surface area contributed by atoms with Crippen LogP contribution in [0, 0.1) is 12.3 Å². The van der Waals surface area contributed by atoms with Gasteiger partial charge in [-0.15, -0.1) is 12.3 Å². The highest BCUT2D eigenvalue weighted by Crippen LogP contribution is 2.31. The van der Waals surface area contributed by atoms with E-state index < -0.39 is 6.35 Å². The van der Waals surface area contributed by atoms with Crippen LogP contribution in [0.5, 0.6) is 5.75 Å². The quantitative estimate of drug-likeness (QED) is 0.421. The summed E-state index contributed by atoms with van der Waals surface area (Å²) in [4.78, 5) is 15.4. The van der Waals surface area contributed by atoms with Crippen molar-refractivity contribution in [2.75, 3.05) is 5.32 Å². The summed E-state index contributed by atoms with van der Waals surface area (Å²) in [7, 11) is 0. The Bertz CT molecular complexity index is 523. The Labute approximate surface area is 111 Å². The molecule has 1 aromatic rings. The topological polar surface area (TPSA) is 88.7 Å². The summed E-state index contributed by atoms with van der Waals surface area (Å²) >= 11 is 0. The summed E-state index contributed by atoms with van der Waals surface area (Å²) in [6.07, 6.45) is 5.01. The molecular weight excluding hydrogens is 244 g/mol. The minimum absolute atomic E-state index is 0.00710. The van der Waals surface area contributed by atoms with Gasteiger partial charge in [-0.25, -0.2) is 0 Å². The first-order valence-electron chi connectivity index (χ1n) is 5.78. The Kier molecular flexibility index (Phi) is 3.88. The monoisotopic (exact) mass is 258 g/mol. The van der Waals surface area contributed by atoms with Crippen LogP contribution in [0.2, 0.25) is 0 Å². The number of terminal acetylenes is 1. The van der Waals surface area contributed by atoms with Gasteiger partial charge in [0.25, 0.3) is 6.35 Å². The van der Waals surface area contributed by atoms with Crippen LogP contribution in [0.25, 0.3) is 0 Å². The number of hydrogen-bond acceptors (Lipinski definition) is 4. The number of fused-ring (bicyclic) bond motifs is 1. The van der Waals surface area contributed by atoms with Crippen LogP contribution in [0.1, 0.15) is 12.8 Å². The Balaban J connectivity index is 1.90. The number of anilines is 1. The van der Waals surface area contributed by atoms with Crippen molar-refractivity contribution in [1.82, 2.24) is 5.32 Å². The van der Waals surface area contributed by atoms with E-state index in [1.807, 2.05) is 24.3 Å². The Morgan fingerprint density at radius 1 is 1.58 bits per heavy atom. The molecule has 1 amide bonds. The van der Waals surface area contributed by atoms with E-state index in [1.54, 1.807) is 0 Å². The van der Waals surface area contributed by atoms with Gasteiger partial charge in [0.2, 0.25) is 5.91 Å². The molecule has 1 unspecified atom stereocenters. The minimum atomic E-state index is -0.634. The largest absolute Gasteiger partial charge is 0.448 e. The van der Waals surface area contributed by atoms with Gasteiger partial charge in [-0.05, 0) is 12.1 Å². The number of rotatable bonds is 3. The first-order chi connectivity index (χ1) is 9.19. The van der Waals surface area contributed by atoms with E-state index >= 15 is 0 Å². The number of nitrogens with zero attached hydrogens (tertiary/aromatic N) is 1. The molecule has 19 heavy (non-hydrogen) atoms. The van der Waals surface area contributed by atoms with Crippen molar-refractivity contribution in [2.24, 2.45) is 10.7 Å². The normalized spacial score (nSPS) is 16.8. The fourth-order valence-corrected chi connectivity index (χ4v) is 1.58. The van der Waals surface area contributed by atoms with Crippen LogP contribution in [-0.4, -0.2) is 18.2 Å². The molecule has 0 aliphatic carbocycles. The summed E-state index contributed by atoms with van der Waals surface area (Å²) in [6.45, 7) is 0. The van der Waals surface area contributed by atoms with Crippen LogP contribution in [0.15, 0.2) is 29.3 Å². The van der Waals surface area contributed by atoms with Gasteiger partial charge in [0, 0.05) is 12.8 Å². The lowest BCUT2D eigenvalue weighted by Gasteiger charge is -2.08. The molecule has 1 heterocycles. The first-order valence-corrected chi connectivity index (χ1v) is 5.78. The second kappa shape index (κ2) is 5.78. The molecule has 0 saturated heterocycles. The van der Waals surface area contributed by atoms with E-state index in [0.717, 1.165) is 5.69 Å². The molecule has 6 nitrogen and oxygen atoms in total. The Morgan fingerprint density at radius 3 is 3.11 bits per heavy atom. The minimum Gasteiger partial charge on any atom is -0.448 e. The van der Waals surface area contributed by atoms with Gasteiger partial charge in [-0.2, -0.15) is 4.99 Å². The second-order valence-electron chi connectivity index (χ2n) is 3.88. The average molecular weight is 258 g/mol. The highest BCUT2D eigenvalue weighted by Gasteiger charge is 2.20. The molecule has 0 spiro atoms. The predicted octanol–water partition coefficient (Wildman–Crippen LogP) is 0.619. The van der Waals surface area contributed by atoms with Gasteiger partial charge < -0.3 is 15.8 Å². The fourth-order valence-electron chi connectivity index (χ4n) is 1.58.